The van der Waals surface area contributed by atoms with E-state index in [-0.39, 0.29) is 12.3 Å². The van der Waals surface area contributed by atoms with Gasteiger partial charge in [0.1, 0.15) is 17.2 Å². The monoisotopic (exact) mass is 256 g/mol. The number of halogens is 1. The molecule has 0 aliphatic rings. The minimum atomic E-state index is -0.622. The first-order valence-corrected chi connectivity index (χ1v) is 5.46. The van der Waals surface area contributed by atoms with Crippen molar-refractivity contribution in [3.05, 3.63) is 29.6 Å². The zero-order chi connectivity index (χ0) is 13.8. The molecule has 0 heterocycles. The Hall–Kier alpha value is -1.82. The third kappa shape index (κ3) is 5.49. The zero-order valence-electron chi connectivity index (χ0n) is 10.6. The van der Waals surface area contributed by atoms with E-state index < -0.39 is 17.5 Å². The Morgan fingerprint density at radius 1 is 1.39 bits per heavy atom. The number of carbonyl (C=O) groups is 1. The van der Waals surface area contributed by atoms with Crippen molar-refractivity contribution in [2.24, 2.45) is 0 Å². The number of benzene rings is 1. The van der Waals surface area contributed by atoms with Crippen molar-refractivity contribution >= 4 is 6.09 Å². The van der Waals surface area contributed by atoms with Crippen molar-refractivity contribution < 1.29 is 19.0 Å². The Bertz CT molecular complexity index is 410. The maximum atomic E-state index is 12.9. The summed E-state index contributed by atoms with van der Waals surface area (Å²) in [6.45, 7) is 5.41. The van der Waals surface area contributed by atoms with Gasteiger partial charge in [-0.25, -0.2) is 14.6 Å². The smallest absolute Gasteiger partial charge is 0.422 e. The predicted molar refractivity (Wildman–Crippen MR) is 64.3 cm³/mol. The summed E-state index contributed by atoms with van der Waals surface area (Å²) in [4.78, 5) is 11.3. The highest BCUT2D eigenvalue weighted by Crippen LogP contribution is 2.14. The molecule has 0 aliphatic carbocycles. The molecule has 0 aromatic heterocycles. The van der Waals surface area contributed by atoms with Gasteiger partial charge in [0.25, 0.3) is 0 Å². The molecule has 0 bridgehead atoms. The molecule has 0 spiro atoms. The van der Waals surface area contributed by atoms with Gasteiger partial charge >= 0.3 is 6.09 Å². The molecule has 0 radical (unpaired) electrons. The number of phenolic OH excluding ortho intramolecular Hbond substituents is 1. The van der Waals surface area contributed by atoms with Crippen molar-refractivity contribution in [3.8, 4) is 5.75 Å². The average molecular weight is 256 g/mol. The Balaban J connectivity index is 2.40. The molecular formula is C12H17FN2O3. The second kappa shape index (κ2) is 5.68. The molecule has 18 heavy (non-hydrogen) atoms. The molecule has 3 N–H and O–H groups in total. The normalized spacial score (nSPS) is 11.1. The average Bonchev–Trinajstić information content (AvgIpc) is 2.12. The number of phenols is 1. The maximum Gasteiger partial charge on any atom is 0.422 e. The van der Waals surface area contributed by atoms with Gasteiger partial charge in [0.15, 0.2) is 0 Å². The molecule has 5 nitrogen and oxygen atoms in total. The van der Waals surface area contributed by atoms with Crippen LogP contribution in [0.15, 0.2) is 18.2 Å². The minimum Gasteiger partial charge on any atom is -0.508 e. The second-order valence-corrected chi connectivity index (χ2v) is 4.80. The van der Waals surface area contributed by atoms with Gasteiger partial charge in [0.2, 0.25) is 0 Å². The summed E-state index contributed by atoms with van der Waals surface area (Å²) in [5.74, 6) is -0.701. The fourth-order valence-corrected chi connectivity index (χ4v) is 1.26. The second-order valence-electron chi connectivity index (χ2n) is 4.80. The first-order chi connectivity index (χ1) is 8.26. The molecule has 1 aromatic rings. The molecule has 0 saturated heterocycles. The van der Waals surface area contributed by atoms with Gasteiger partial charge in [0.05, 0.1) is 0 Å². The minimum absolute atomic E-state index is 0.163. The lowest BCUT2D eigenvalue weighted by molar-refractivity contribution is 0.0497. The van der Waals surface area contributed by atoms with Crippen molar-refractivity contribution in [1.82, 2.24) is 10.9 Å². The Morgan fingerprint density at radius 2 is 2.06 bits per heavy atom. The number of nitrogens with one attached hydrogen (secondary N) is 2. The van der Waals surface area contributed by atoms with Gasteiger partial charge in [-0.15, -0.1) is 0 Å². The molecule has 100 valence electrons. The zero-order valence-corrected chi connectivity index (χ0v) is 10.6. The number of hydrazine groups is 1. The van der Waals surface area contributed by atoms with E-state index in [2.05, 4.69) is 10.9 Å². The van der Waals surface area contributed by atoms with Crippen molar-refractivity contribution in [3.63, 3.8) is 0 Å². The number of aromatic hydroxyl groups is 1. The van der Waals surface area contributed by atoms with Gasteiger partial charge in [-0.3, -0.25) is 5.43 Å². The molecule has 1 amide bonds. The number of hydrogen-bond donors (Lipinski definition) is 3. The van der Waals surface area contributed by atoms with Gasteiger partial charge in [-0.05, 0) is 38.5 Å². The first-order valence-electron chi connectivity index (χ1n) is 5.46. The Labute approximate surface area is 105 Å². The van der Waals surface area contributed by atoms with E-state index in [9.17, 15) is 14.3 Å². The fraction of sp³-hybridized carbons (Fsp3) is 0.417. The third-order valence-corrected chi connectivity index (χ3v) is 1.82. The molecule has 1 aromatic carbocycles. The van der Waals surface area contributed by atoms with Crippen LogP contribution in [-0.4, -0.2) is 16.8 Å². The highest BCUT2D eigenvalue weighted by Gasteiger charge is 2.15. The quantitative estimate of drug-likeness (QED) is 0.724. The topological polar surface area (TPSA) is 70.6 Å². The van der Waals surface area contributed by atoms with Crippen LogP contribution < -0.4 is 10.9 Å². The summed E-state index contributed by atoms with van der Waals surface area (Å²) in [5, 5.41) is 9.18. The van der Waals surface area contributed by atoms with E-state index in [0.717, 1.165) is 6.07 Å². The van der Waals surface area contributed by atoms with Crippen LogP contribution >= 0.6 is 0 Å². The first kappa shape index (κ1) is 14.2. The summed E-state index contributed by atoms with van der Waals surface area (Å²) < 4.78 is 17.9. The van der Waals surface area contributed by atoms with Crippen molar-refractivity contribution in [1.29, 1.82) is 0 Å². The van der Waals surface area contributed by atoms with E-state index in [1.165, 1.54) is 12.1 Å². The fourth-order valence-electron chi connectivity index (χ4n) is 1.26. The number of ether oxygens (including phenoxy) is 1. The SMILES string of the molecule is CC(C)(C)OC(=O)NNCc1cc(O)cc(F)c1. The lowest BCUT2D eigenvalue weighted by Crippen LogP contribution is -2.40. The van der Waals surface area contributed by atoms with Crippen LogP contribution in [0.25, 0.3) is 0 Å². The summed E-state index contributed by atoms with van der Waals surface area (Å²) in [6.07, 6.45) is -0.622. The number of hydrogen-bond acceptors (Lipinski definition) is 4. The van der Waals surface area contributed by atoms with Crippen LogP contribution in [0.5, 0.6) is 5.75 Å². The summed E-state index contributed by atoms with van der Waals surface area (Å²) in [5.41, 5.74) is 4.81. The Kier molecular flexibility index (Phi) is 4.49. The third-order valence-electron chi connectivity index (χ3n) is 1.82. The summed E-state index contributed by atoms with van der Waals surface area (Å²) >= 11 is 0. The van der Waals surface area contributed by atoms with Gasteiger partial charge in [0, 0.05) is 12.6 Å². The van der Waals surface area contributed by atoms with Crippen LogP contribution in [0.4, 0.5) is 9.18 Å². The number of rotatable bonds is 3. The number of amides is 1. The highest BCUT2D eigenvalue weighted by molar-refractivity contribution is 5.66. The van der Waals surface area contributed by atoms with Crippen LogP contribution in [-0.2, 0) is 11.3 Å². The van der Waals surface area contributed by atoms with Gasteiger partial charge in [-0.2, -0.15) is 0 Å². The molecule has 0 unspecified atom stereocenters. The van der Waals surface area contributed by atoms with Gasteiger partial charge in [-0.1, -0.05) is 0 Å². The Morgan fingerprint density at radius 3 is 2.61 bits per heavy atom. The van der Waals surface area contributed by atoms with Crippen molar-refractivity contribution in [2.75, 3.05) is 0 Å². The van der Waals surface area contributed by atoms with Crippen LogP contribution in [0.3, 0.4) is 0 Å². The summed E-state index contributed by atoms with van der Waals surface area (Å²) in [7, 11) is 0. The van der Waals surface area contributed by atoms with Crippen LogP contribution in [0.1, 0.15) is 26.3 Å². The molecule has 0 atom stereocenters. The molecular weight excluding hydrogens is 239 g/mol. The van der Waals surface area contributed by atoms with E-state index >= 15 is 0 Å². The predicted octanol–water partition coefficient (Wildman–Crippen LogP) is 2.06. The lowest BCUT2D eigenvalue weighted by Gasteiger charge is -2.19. The molecule has 0 fully saturated rings. The van der Waals surface area contributed by atoms with E-state index in [4.69, 9.17) is 4.74 Å². The maximum absolute atomic E-state index is 12.9. The van der Waals surface area contributed by atoms with Gasteiger partial charge < -0.3 is 9.84 Å². The van der Waals surface area contributed by atoms with E-state index in [1.807, 2.05) is 0 Å². The lowest BCUT2D eigenvalue weighted by atomic mass is 10.2. The number of carbonyl (C=O) groups excluding carboxylic acids is 1. The standard InChI is InChI=1S/C12H17FN2O3/c1-12(2,3)18-11(17)15-14-7-8-4-9(13)6-10(16)5-8/h4-6,14,16H,7H2,1-3H3,(H,15,17). The van der Waals surface area contributed by atoms with Crippen LogP contribution in [0, 0.1) is 5.82 Å². The van der Waals surface area contributed by atoms with E-state index in [0.29, 0.717) is 5.56 Å². The largest absolute Gasteiger partial charge is 0.508 e. The molecule has 6 heteroatoms. The summed E-state index contributed by atoms with van der Waals surface area (Å²) in [6, 6.07) is 3.65. The molecule has 0 saturated carbocycles. The molecule has 1 rings (SSSR count). The van der Waals surface area contributed by atoms with Crippen LogP contribution in [0.2, 0.25) is 0 Å². The van der Waals surface area contributed by atoms with Crippen molar-refractivity contribution in [2.45, 2.75) is 32.9 Å². The van der Waals surface area contributed by atoms with E-state index in [1.54, 1.807) is 20.8 Å². The molecule has 0 aliphatic heterocycles. The highest BCUT2D eigenvalue weighted by atomic mass is 19.1.